The summed E-state index contributed by atoms with van der Waals surface area (Å²) in [6, 6.07) is 3.39. The van der Waals surface area contributed by atoms with E-state index in [0.29, 0.717) is 13.2 Å². The maximum atomic E-state index is 13.8. The second-order valence-electron chi connectivity index (χ2n) is 5.06. The number of benzene rings is 1. The lowest BCUT2D eigenvalue weighted by atomic mass is 10.1. The standard InChI is InChI=1S/C14H18F2N2O2/c1-9(8-20-2)7-18-13(19)6-17-14(18)11-4-3-10(15)5-12(11)16/h3-5,9,14,17H,6-8H2,1-2H3. The molecule has 0 radical (unpaired) electrons. The van der Waals surface area contributed by atoms with E-state index in [4.69, 9.17) is 4.74 Å². The highest BCUT2D eigenvalue weighted by atomic mass is 19.1. The largest absolute Gasteiger partial charge is 0.384 e. The topological polar surface area (TPSA) is 41.6 Å². The van der Waals surface area contributed by atoms with Gasteiger partial charge in [0.15, 0.2) is 0 Å². The van der Waals surface area contributed by atoms with E-state index in [2.05, 4.69) is 5.32 Å². The Balaban J connectivity index is 2.19. The van der Waals surface area contributed by atoms with Crippen molar-refractivity contribution in [2.24, 2.45) is 5.92 Å². The lowest BCUT2D eigenvalue weighted by Crippen LogP contribution is -2.35. The average molecular weight is 284 g/mol. The number of nitrogens with zero attached hydrogens (tertiary/aromatic N) is 1. The highest BCUT2D eigenvalue weighted by Gasteiger charge is 2.33. The molecule has 20 heavy (non-hydrogen) atoms. The van der Waals surface area contributed by atoms with E-state index in [0.717, 1.165) is 6.07 Å². The van der Waals surface area contributed by atoms with Crippen molar-refractivity contribution in [2.45, 2.75) is 13.1 Å². The van der Waals surface area contributed by atoms with Gasteiger partial charge in [-0.15, -0.1) is 0 Å². The molecule has 1 amide bonds. The Labute approximate surface area is 116 Å². The van der Waals surface area contributed by atoms with Gasteiger partial charge in [0.2, 0.25) is 5.91 Å². The number of amides is 1. The fraction of sp³-hybridized carbons (Fsp3) is 0.500. The monoisotopic (exact) mass is 284 g/mol. The maximum Gasteiger partial charge on any atom is 0.238 e. The van der Waals surface area contributed by atoms with E-state index in [9.17, 15) is 13.6 Å². The molecule has 1 aromatic rings. The Morgan fingerprint density at radius 2 is 2.25 bits per heavy atom. The Morgan fingerprint density at radius 3 is 2.90 bits per heavy atom. The zero-order chi connectivity index (χ0) is 14.7. The van der Waals surface area contributed by atoms with Crippen LogP contribution in [0.3, 0.4) is 0 Å². The molecule has 1 N–H and O–H groups in total. The highest BCUT2D eigenvalue weighted by molar-refractivity contribution is 5.81. The molecule has 0 saturated carbocycles. The SMILES string of the molecule is COCC(C)CN1C(=O)CNC1c1ccc(F)cc1F. The van der Waals surface area contributed by atoms with E-state index >= 15 is 0 Å². The second kappa shape index (κ2) is 6.28. The Kier molecular flexibility index (Phi) is 4.67. The third-order valence-electron chi connectivity index (χ3n) is 3.30. The summed E-state index contributed by atoms with van der Waals surface area (Å²) in [5.41, 5.74) is 0.280. The zero-order valence-electron chi connectivity index (χ0n) is 11.5. The van der Waals surface area contributed by atoms with E-state index < -0.39 is 17.8 Å². The molecular weight excluding hydrogens is 266 g/mol. The fourth-order valence-electron chi connectivity index (χ4n) is 2.42. The molecule has 2 unspecified atom stereocenters. The molecule has 6 heteroatoms. The van der Waals surface area contributed by atoms with Crippen molar-refractivity contribution in [1.82, 2.24) is 10.2 Å². The first-order valence-electron chi connectivity index (χ1n) is 6.49. The number of halogens is 2. The van der Waals surface area contributed by atoms with Gasteiger partial charge in [0.1, 0.15) is 17.8 Å². The third kappa shape index (κ3) is 3.13. The molecule has 1 saturated heterocycles. The molecule has 1 aromatic carbocycles. The maximum absolute atomic E-state index is 13.8. The van der Waals surface area contributed by atoms with Gasteiger partial charge in [-0.05, 0) is 18.1 Å². The summed E-state index contributed by atoms with van der Waals surface area (Å²) in [4.78, 5) is 13.5. The molecule has 1 heterocycles. The van der Waals surface area contributed by atoms with Crippen LogP contribution >= 0.6 is 0 Å². The molecule has 110 valence electrons. The summed E-state index contributed by atoms with van der Waals surface area (Å²) < 4.78 is 31.9. The minimum Gasteiger partial charge on any atom is -0.384 e. The second-order valence-corrected chi connectivity index (χ2v) is 5.06. The number of carbonyl (C=O) groups excluding carboxylic acids is 1. The molecule has 0 aromatic heterocycles. The molecule has 2 rings (SSSR count). The van der Waals surface area contributed by atoms with Crippen molar-refractivity contribution < 1.29 is 18.3 Å². The van der Waals surface area contributed by atoms with Crippen LogP contribution in [0.2, 0.25) is 0 Å². The minimum absolute atomic E-state index is 0.0957. The van der Waals surface area contributed by atoms with Gasteiger partial charge in [-0.1, -0.05) is 6.92 Å². The number of hydrogen-bond donors (Lipinski definition) is 1. The van der Waals surface area contributed by atoms with Gasteiger partial charge in [-0.25, -0.2) is 8.78 Å². The number of hydrogen-bond acceptors (Lipinski definition) is 3. The fourth-order valence-corrected chi connectivity index (χ4v) is 2.42. The quantitative estimate of drug-likeness (QED) is 0.894. The van der Waals surface area contributed by atoms with E-state index in [1.807, 2.05) is 6.92 Å². The summed E-state index contributed by atoms with van der Waals surface area (Å²) in [6.45, 7) is 3.08. The van der Waals surface area contributed by atoms with Gasteiger partial charge in [0.05, 0.1) is 13.2 Å². The first-order chi connectivity index (χ1) is 9.52. The van der Waals surface area contributed by atoms with Crippen molar-refractivity contribution >= 4 is 5.91 Å². The molecule has 4 nitrogen and oxygen atoms in total. The predicted molar refractivity (Wildman–Crippen MR) is 69.9 cm³/mol. The zero-order valence-corrected chi connectivity index (χ0v) is 11.5. The third-order valence-corrected chi connectivity index (χ3v) is 3.30. The van der Waals surface area contributed by atoms with Crippen LogP contribution in [0, 0.1) is 17.6 Å². The molecule has 0 bridgehead atoms. The number of carbonyl (C=O) groups is 1. The minimum atomic E-state index is -0.651. The molecule has 2 atom stereocenters. The van der Waals surface area contributed by atoms with Gasteiger partial charge < -0.3 is 9.64 Å². The molecule has 0 spiro atoms. The summed E-state index contributed by atoms with van der Waals surface area (Å²) in [5.74, 6) is -1.24. The average Bonchev–Trinajstić information content (AvgIpc) is 2.72. The molecular formula is C14H18F2N2O2. The number of ether oxygens (including phenoxy) is 1. The van der Waals surface area contributed by atoms with E-state index in [1.165, 1.54) is 12.1 Å². The first kappa shape index (κ1) is 14.9. The Bertz CT molecular complexity index is 496. The van der Waals surface area contributed by atoms with Gasteiger partial charge in [-0.3, -0.25) is 10.1 Å². The van der Waals surface area contributed by atoms with Crippen LogP contribution in [-0.2, 0) is 9.53 Å². The summed E-state index contributed by atoms with van der Waals surface area (Å²) in [5, 5.41) is 2.95. The Hall–Kier alpha value is -1.53. The van der Waals surface area contributed by atoms with Crippen LogP contribution in [0.5, 0.6) is 0 Å². The van der Waals surface area contributed by atoms with Gasteiger partial charge in [0.25, 0.3) is 0 Å². The van der Waals surface area contributed by atoms with Crippen molar-refractivity contribution in [2.75, 3.05) is 26.8 Å². The first-order valence-corrected chi connectivity index (χ1v) is 6.49. The van der Waals surface area contributed by atoms with Gasteiger partial charge in [-0.2, -0.15) is 0 Å². The Morgan fingerprint density at radius 1 is 1.50 bits per heavy atom. The number of rotatable bonds is 5. The van der Waals surface area contributed by atoms with E-state index in [-0.39, 0.29) is 23.9 Å². The van der Waals surface area contributed by atoms with Gasteiger partial charge >= 0.3 is 0 Å². The van der Waals surface area contributed by atoms with Crippen molar-refractivity contribution in [3.05, 3.63) is 35.4 Å². The summed E-state index contributed by atoms with van der Waals surface area (Å²) in [6.07, 6.45) is -0.553. The van der Waals surface area contributed by atoms with Crippen LogP contribution < -0.4 is 5.32 Å². The lowest BCUT2D eigenvalue weighted by molar-refractivity contribution is -0.128. The van der Waals surface area contributed by atoms with E-state index in [1.54, 1.807) is 12.0 Å². The van der Waals surface area contributed by atoms with Crippen LogP contribution in [0.25, 0.3) is 0 Å². The molecule has 0 aliphatic carbocycles. The summed E-state index contributed by atoms with van der Waals surface area (Å²) in [7, 11) is 1.59. The smallest absolute Gasteiger partial charge is 0.238 e. The van der Waals surface area contributed by atoms with Gasteiger partial charge in [0, 0.05) is 25.3 Å². The molecule has 1 aliphatic heterocycles. The van der Waals surface area contributed by atoms with Crippen LogP contribution in [0.4, 0.5) is 8.78 Å². The van der Waals surface area contributed by atoms with Crippen molar-refractivity contribution in [1.29, 1.82) is 0 Å². The molecule has 1 fully saturated rings. The number of nitrogens with one attached hydrogen (secondary N) is 1. The highest BCUT2D eigenvalue weighted by Crippen LogP contribution is 2.26. The normalized spacial score (nSPS) is 20.5. The predicted octanol–water partition coefficient (Wildman–Crippen LogP) is 1.68. The van der Waals surface area contributed by atoms with Crippen molar-refractivity contribution in [3.63, 3.8) is 0 Å². The van der Waals surface area contributed by atoms with Crippen LogP contribution in [0.15, 0.2) is 18.2 Å². The van der Waals surface area contributed by atoms with Crippen molar-refractivity contribution in [3.8, 4) is 0 Å². The molecule has 1 aliphatic rings. The lowest BCUT2D eigenvalue weighted by Gasteiger charge is -2.27. The number of methoxy groups -OCH3 is 1. The van der Waals surface area contributed by atoms with Crippen LogP contribution in [-0.4, -0.2) is 37.6 Å². The summed E-state index contributed by atoms with van der Waals surface area (Å²) >= 11 is 0. The van der Waals surface area contributed by atoms with Crippen LogP contribution in [0.1, 0.15) is 18.7 Å².